The molecule has 7 nitrogen and oxygen atoms in total. The van der Waals surface area contributed by atoms with E-state index in [-0.39, 0.29) is 23.7 Å². The van der Waals surface area contributed by atoms with Gasteiger partial charge in [-0.05, 0) is 24.6 Å². The van der Waals surface area contributed by atoms with Gasteiger partial charge >= 0.3 is 5.97 Å². The predicted octanol–water partition coefficient (Wildman–Crippen LogP) is 1.63. The van der Waals surface area contributed by atoms with Gasteiger partial charge in [-0.15, -0.1) is 0 Å². The van der Waals surface area contributed by atoms with E-state index in [9.17, 15) is 19.8 Å². The minimum Gasteiger partial charge on any atom is -0.508 e. The van der Waals surface area contributed by atoms with Gasteiger partial charge in [0.25, 0.3) is 5.78 Å². The van der Waals surface area contributed by atoms with Crippen molar-refractivity contribution in [1.82, 2.24) is 0 Å². The van der Waals surface area contributed by atoms with Crippen molar-refractivity contribution in [2.75, 3.05) is 6.61 Å². The minimum atomic E-state index is -1.71. The van der Waals surface area contributed by atoms with E-state index in [0.29, 0.717) is 18.9 Å². The molecule has 0 atom stereocenters. The van der Waals surface area contributed by atoms with Crippen LogP contribution < -0.4 is 4.74 Å². The number of unbranched alkanes of at least 4 members (excludes halogenated alkanes) is 1. The second kappa shape index (κ2) is 7.55. The zero-order valence-corrected chi connectivity index (χ0v) is 10.9. The Balaban J connectivity index is 2.99. The summed E-state index contributed by atoms with van der Waals surface area (Å²) in [5.41, 5.74) is -0.0124. The fourth-order valence-corrected chi connectivity index (χ4v) is 1.44. The van der Waals surface area contributed by atoms with Crippen LogP contribution in [0.4, 0.5) is 0 Å². The fraction of sp³-hybridized carbons (Fsp3) is 0.214. The van der Waals surface area contributed by atoms with Gasteiger partial charge in [0, 0.05) is 12.5 Å². The highest BCUT2D eigenvalue weighted by atomic mass is 16.5. The number of rotatable bonds is 7. The molecule has 21 heavy (non-hydrogen) atoms. The number of aliphatic carboxylic acids is 1. The van der Waals surface area contributed by atoms with E-state index in [0.717, 1.165) is 6.07 Å². The number of aliphatic hydroxyl groups is 1. The molecule has 1 aromatic rings. The van der Waals surface area contributed by atoms with Crippen molar-refractivity contribution in [2.24, 2.45) is 0 Å². The molecular weight excluding hydrogens is 278 g/mol. The summed E-state index contributed by atoms with van der Waals surface area (Å²) in [6, 6.07) is 5.77. The number of ether oxygens (including phenoxy) is 1. The molecule has 0 bridgehead atoms. The van der Waals surface area contributed by atoms with Crippen molar-refractivity contribution in [1.29, 1.82) is 5.26 Å². The van der Waals surface area contributed by atoms with Crippen molar-refractivity contribution in [3.8, 4) is 17.6 Å². The van der Waals surface area contributed by atoms with Crippen LogP contribution in [0, 0.1) is 11.3 Å². The summed E-state index contributed by atoms with van der Waals surface area (Å²) in [6.45, 7) is 0.200. The zero-order chi connectivity index (χ0) is 15.8. The van der Waals surface area contributed by atoms with E-state index in [1.54, 1.807) is 0 Å². The van der Waals surface area contributed by atoms with Crippen LogP contribution >= 0.6 is 0 Å². The molecule has 0 saturated heterocycles. The number of phenolic OH excluding ortho intramolecular Hbond substituents is 1. The Kier molecular flexibility index (Phi) is 5.77. The number of aliphatic hydroxyl groups excluding tert-OH is 1. The second-order valence-corrected chi connectivity index (χ2v) is 3.99. The number of carboxylic acids is 1. The number of hydrogen-bond donors (Lipinski definition) is 3. The third-order valence-corrected chi connectivity index (χ3v) is 2.41. The highest BCUT2D eigenvalue weighted by molar-refractivity contribution is 6.38. The lowest BCUT2D eigenvalue weighted by molar-refractivity contribution is -0.146. The van der Waals surface area contributed by atoms with Crippen molar-refractivity contribution < 1.29 is 29.6 Å². The van der Waals surface area contributed by atoms with E-state index >= 15 is 0 Å². The monoisotopic (exact) mass is 291 g/mol. The third-order valence-electron chi connectivity index (χ3n) is 2.41. The molecule has 7 heteroatoms. The van der Waals surface area contributed by atoms with Crippen LogP contribution in [-0.2, 0) is 9.59 Å². The quantitative estimate of drug-likeness (QED) is 0.301. The van der Waals surface area contributed by atoms with Gasteiger partial charge in [0.15, 0.2) is 0 Å². The van der Waals surface area contributed by atoms with Gasteiger partial charge in [0.1, 0.15) is 17.3 Å². The van der Waals surface area contributed by atoms with Crippen LogP contribution in [0.3, 0.4) is 0 Å². The largest absolute Gasteiger partial charge is 0.508 e. The molecule has 0 aliphatic rings. The van der Waals surface area contributed by atoms with E-state index in [1.807, 2.05) is 6.07 Å². The Labute approximate surface area is 120 Å². The maximum absolute atomic E-state index is 11.0. The fourth-order valence-electron chi connectivity index (χ4n) is 1.44. The average Bonchev–Trinajstić information content (AvgIpc) is 2.44. The zero-order valence-electron chi connectivity index (χ0n) is 10.9. The Morgan fingerprint density at radius 3 is 2.67 bits per heavy atom. The highest BCUT2D eigenvalue weighted by Gasteiger charge is 2.14. The second-order valence-electron chi connectivity index (χ2n) is 3.99. The van der Waals surface area contributed by atoms with E-state index < -0.39 is 17.5 Å². The van der Waals surface area contributed by atoms with Crippen LogP contribution in [-0.4, -0.2) is 33.7 Å². The summed E-state index contributed by atoms with van der Waals surface area (Å²) in [4.78, 5) is 21.5. The third kappa shape index (κ3) is 4.87. The van der Waals surface area contributed by atoms with Gasteiger partial charge in [-0.1, -0.05) is 0 Å². The van der Waals surface area contributed by atoms with Crippen LogP contribution in [0.1, 0.15) is 18.4 Å². The van der Waals surface area contributed by atoms with Crippen LogP contribution in [0.15, 0.2) is 24.3 Å². The first-order valence-electron chi connectivity index (χ1n) is 5.96. The molecule has 0 spiro atoms. The molecule has 0 saturated carbocycles. The lowest BCUT2D eigenvalue weighted by atomic mass is 10.1. The normalized spacial score (nSPS) is 10.7. The van der Waals surface area contributed by atoms with Crippen molar-refractivity contribution in [3.63, 3.8) is 0 Å². The molecule has 0 aliphatic heterocycles. The first-order valence-corrected chi connectivity index (χ1v) is 5.96. The molecule has 0 unspecified atom stereocenters. The Morgan fingerprint density at radius 1 is 1.33 bits per heavy atom. The lowest BCUT2D eigenvalue weighted by Crippen LogP contribution is -2.09. The summed E-state index contributed by atoms with van der Waals surface area (Å²) >= 11 is 0. The molecule has 0 heterocycles. The van der Waals surface area contributed by atoms with E-state index in [1.165, 1.54) is 12.1 Å². The van der Waals surface area contributed by atoms with Crippen molar-refractivity contribution in [3.05, 3.63) is 29.8 Å². The molecule has 1 rings (SSSR count). The van der Waals surface area contributed by atoms with Gasteiger partial charge in [-0.2, -0.15) is 5.26 Å². The minimum absolute atomic E-state index is 0.0124. The first-order chi connectivity index (χ1) is 9.95. The number of nitrogens with zero attached hydrogens (tertiary/aromatic N) is 1. The summed E-state index contributed by atoms with van der Waals surface area (Å²) < 4.78 is 5.34. The van der Waals surface area contributed by atoms with Gasteiger partial charge in [-0.25, -0.2) is 4.79 Å². The van der Waals surface area contributed by atoms with Crippen molar-refractivity contribution >= 4 is 17.5 Å². The topological polar surface area (TPSA) is 128 Å². The highest BCUT2D eigenvalue weighted by Crippen LogP contribution is 2.28. The standard InChI is InChI=1S/C14H13NO6/c15-5-1-2-6-21-13-4-3-9(16)7-10(13)11(17)8-12(18)14(19)20/h3-4,7-8,16-17H,1-2,6H2,(H,19,20)/b11-8-. The number of carbonyl (C=O) groups is 2. The molecule has 0 aromatic heterocycles. The Hall–Kier alpha value is -3.01. The van der Waals surface area contributed by atoms with E-state index in [2.05, 4.69) is 0 Å². The van der Waals surface area contributed by atoms with Gasteiger partial charge in [0.2, 0.25) is 0 Å². The molecule has 0 amide bonds. The molecule has 0 radical (unpaired) electrons. The van der Waals surface area contributed by atoms with Crippen LogP contribution in [0.5, 0.6) is 11.5 Å². The SMILES string of the molecule is N#CCCCOc1ccc(O)cc1/C(O)=C/C(=O)C(=O)O. The van der Waals surface area contributed by atoms with Crippen LogP contribution in [0.2, 0.25) is 0 Å². The van der Waals surface area contributed by atoms with Gasteiger partial charge in [0.05, 0.1) is 18.2 Å². The molecule has 0 aliphatic carbocycles. The average molecular weight is 291 g/mol. The molecular formula is C14H13NO6. The Bertz CT molecular complexity index is 614. The van der Waals surface area contributed by atoms with Gasteiger partial charge < -0.3 is 20.1 Å². The summed E-state index contributed by atoms with van der Waals surface area (Å²) in [7, 11) is 0. The number of ketones is 1. The maximum Gasteiger partial charge on any atom is 0.376 e. The molecule has 3 N–H and O–H groups in total. The molecule has 1 aromatic carbocycles. The predicted molar refractivity (Wildman–Crippen MR) is 71.7 cm³/mol. The van der Waals surface area contributed by atoms with E-state index in [4.69, 9.17) is 15.1 Å². The number of benzene rings is 1. The summed E-state index contributed by atoms with van der Waals surface area (Å²) in [5, 5.41) is 36.1. The number of hydrogen-bond acceptors (Lipinski definition) is 6. The molecule has 110 valence electrons. The Morgan fingerprint density at radius 2 is 2.05 bits per heavy atom. The first kappa shape index (κ1) is 16.0. The molecule has 0 fully saturated rings. The maximum atomic E-state index is 11.0. The number of aromatic hydroxyl groups is 1. The van der Waals surface area contributed by atoms with Crippen LogP contribution in [0.25, 0.3) is 5.76 Å². The number of phenols is 1. The number of carbonyl (C=O) groups excluding carboxylic acids is 1. The smallest absolute Gasteiger partial charge is 0.376 e. The van der Waals surface area contributed by atoms with Crippen molar-refractivity contribution in [2.45, 2.75) is 12.8 Å². The lowest BCUT2D eigenvalue weighted by Gasteiger charge is -2.10. The summed E-state index contributed by atoms with van der Waals surface area (Å²) in [6.07, 6.45) is 1.29. The van der Waals surface area contributed by atoms with Gasteiger partial charge in [-0.3, -0.25) is 4.79 Å². The number of carboxylic acid groups (broad SMARTS) is 1. The number of nitriles is 1. The summed E-state index contributed by atoms with van der Waals surface area (Å²) in [5.74, 6) is -3.66.